The third-order valence-corrected chi connectivity index (χ3v) is 5.72. The smallest absolute Gasteiger partial charge is 0.261 e. The molecule has 4 N–H and O–H groups in total. The Morgan fingerprint density at radius 2 is 1.71 bits per heavy atom. The quantitative estimate of drug-likeness (QED) is 0.323. The normalized spacial score (nSPS) is 22.2. The summed E-state index contributed by atoms with van der Waals surface area (Å²) >= 11 is 0. The molecule has 0 radical (unpaired) electrons. The molecule has 0 amide bonds. The fourth-order valence-corrected chi connectivity index (χ4v) is 3.77. The molecule has 0 aliphatic carbocycles. The Labute approximate surface area is 202 Å². The van der Waals surface area contributed by atoms with Crippen LogP contribution in [0.3, 0.4) is 0 Å². The highest BCUT2D eigenvalue weighted by Crippen LogP contribution is 2.38. The Morgan fingerprint density at radius 3 is 2.43 bits per heavy atom. The summed E-state index contributed by atoms with van der Waals surface area (Å²) in [6, 6.07) is 10.1. The fraction of sp³-hybridized carbons (Fsp3) is 0.440. The van der Waals surface area contributed by atoms with Gasteiger partial charge in [-0.1, -0.05) is 12.1 Å². The first-order valence-electron chi connectivity index (χ1n) is 11.3. The Kier molecular flexibility index (Phi) is 7.99. The second kappa shape index (κ2) is 11.1. The molecule has 35 heavy (non-hydrogen) atoms. The monoisotopic (exact) mass is 490 g/mol. The molecule has 0 spiro atoms. The van der Waals surface area contributed by atoms with Gasteiger partial charge in [0.05, 0.1) is 20.8 Å². The first kappa shape index (κ1) is 25.1. The molecule has 5 unspecified atom stereocenters. The molecule has 0 aromatic heterocycles. The van der Waals surface area contributed by atoms with E-state index in [-0.39, 0.29) is 6.61 Å². The van der Waals surface area contributed by atoms with E-state index in [0.717, 1.165) is 5.56 Å². The van der Waals surface area contributed by atoms with E-state index < -0.39 is 37.5 Å². The summed E-state index contributed by atoms with van der Waals surface area (Å²) in [5.41, 5.74) is 1.39. The van der Waals surface area contributed by atoms with Gasteiger partial charge in [0.15, 0.2) is 34.9 Å². The Bertz CT molecular complexity index is 1040. The van der Waals surface area contributed by atoms with E-state index >= 15 is 0 Å². The zero-order valence-corrected chi connectivity index (χ0v) is 19.5. The van der Waals surface area contributed by atoms with Crippen LogP contribution in [0, 0.1) is 0 Å². The van der Waals surface area contributed by atoms with Gasteiger partial charge < -0.3 is 44.1 Å². The Morgan fingerprint density at radius 1 is 0.971 bits per heavy atom. The van der Waals surface area contributed by atoms with Gasteiger partial charge >= 0.3 is 0 Å². The van der Waals surface area contributed by atoms with Crippen molar-refractivity contribution in [3.63, 3.8) is 0 Å². The van der Waals surface area contributed by atoms with Crippen LogP contribution in [0.5, 0.6) is 23.0 Å². The lowest BCUT2D eigenvalue weighted by Crippen LogP contribution is -2.36. The predicted octanol–water partition coefficient (Wildman–Crippen LogP) is 1.44. The van der Waals surface area contributed by atoms with Crippen molar-refractivity contribution in [2.24, 2.45) is 0 Å². The van der Waals surface area contributed by atoms with Gasteiger partial charge in [-0.15, -0.1) is 0 Å². The van der Waals surface area contributed by atoms with Crippen LogP contribution < -0.4 is 18.9 Å². The van der Waals surface area contributed by atoms with Crippen LogP contribution in [-0.4, -0.2) is 72.6 Å². The van der Waals surface area contributed by atoms with Crippen LogP contribution >= 0.6 is 0 Å². The first-order valence-corrected chi connectivity index (χ1v) is 11.3. The highest BCUT2D eigenvalue weighted by atomic mass is 16.8. The van der Waals surface area contributed by atoms with Crippen LogP contribution in [0.1, 0.15) is 23.7 Å². The molecule has 1 fully saturated rings. The van der Waals surface area contributed by atoms with Gasteiger partial charge in [0.25, 0.3) is 6.29 Å². The number of epoxide rings is 1. The number of aryl methyl sites for hydroxylation is 1. The third-order valence-electron chi connectivity index (χ3n) is 5.72. The second-order valence-corrected chi connectivity index (χ2v) is 8.14. The van der Waals surface area contributed by atoms with Crippen LogP contribution in [0.15, 0.2) is 48.2 Å². The van der Waals surface area contributed by atoms with E-state index in [1.807, 2.05) is 6.07 Å². The topological polar surface area (TPSA) is 140 Å². The lowest BCUT2D eigenvalue weighted by molar-refractivity contribution is -0.159. The Balaban J connectivity index is 1.47. The lowest BCUT2D eigenvalue weighted by Gasteiger charge is -2.26. The minimum Gasteiger partial charge on any atom is -0.493 e. The van der Waals surface area contributed by atoms with Gasteiger partial charge in [0, 0.05) is 6.61 Å². The van der Waals surface area contributed by atoms with E-state index in [4.69, 9.17) is 33.5 Å². The molecule has 0 saturated carbocycles. The summed E-state index contributed by atoms with van der Waals surface area (Å²) in [6.45, 7) is -0.372. The van der Waals surface area contributed by atoms with Gasteiger partial charge in [-0.2, -0.15) is 0 Å². The minimum atomic E-state index is -1.21. The third kappa shape index (κ3) is 5.80. The van der Waals surface area contributed by atoms with E-state index in [0.29, 0.717) is 47.2 Å². The molecule has 5 atom stereocenters. The standard InChI is InChI=1S/C25H30O10/c1-30-19-10-14(4-3-9-26)5-7-17(19)32-22(13-27)23(29)15-6-8-18(20(11-15)31-2)33-24-16(28)12-21-25(34-21)35-24/h5-8,10-12,16,22-29H,3-4,9,13H2,1-2H3. The number of aliphatic hydroxyl groups is 4. The van der Waals surface area contributed by atoms with Gasteiger partial charge in [-0.3, -0.25) is 4.74 Å². The van der Waals surface area contributed by atoms with E-state index in [1.54, 1.807) is 30.3 Å². The molecule has 2 aromatic carbocycles. The predicted molar refractivity (Wildman–Crippen MR) is 122 cm³/mol. The maximum atomic E-state index is 11.0. The Hall–Kier alpha value is -3.02. The van der Waals surface area contributed by atoms with Crippen LogP contribution in [0.2, 0.25) is 0 Å². The summed E-state index contributed by atoms with van der Waals surface area (Å²) in [5, 5.41) is 40.1. The largest absolute Gasteiger partial charge is 0.493 e. The molecule has 2 heterocycles. The number of methoxy groups -OCH3 is 2. The number of hydrogen-bond donors (Lipinski definition) is 4. The van der Waals surface area contributed by atoms with Crippen molar-refractivity contribution in [3.05, 3.63) is 59.4 Å². The van der Waals surface area contributed by atoms with Gasteiger partial charge in [0.2, 0.25) is 6.29 Å². The molecular formula is C25H30O10. The average Bonchev–Trinajstić information content (AvgIpc) is 3.64. The van der Waals surface area contributed by atoms with Gasteiger partial charge in [-0.05, 0) is 54.3 Å². The minimum absolute atomic E-state index is 0.0911. The number of fused-ring (bicyclic) bond motifs is 1. The summed E-state index contributed by atoms with van der Waals surface area (Å²) in [4.78, 5) is 0. The van der Waals surface area contributed by atoms with Crippen LogP contribution in [-0.2, 0) is 15.9 Å². The molecule has 4 rings (SSSR count). The maximum Gasteiger partial charge on any atom is 0.261 e. The van der Waals surface area contributed by atoms with Crippen molar-refractivity contribution in [2.45, 2.75) is 43.7 Å². The van der Waals surface area contributed by atoms with E-state index in [1.165, 1.54) is 20.3 Å². The molecular weight excluding hydrogens is 460 g/mol. The molecule has 10 nitrogen and oxygen atoms in total. The number of aliphatic hydroxyl groups excluding tert-OH is 4. The average molecular weight is 491 g/mol. The van der Waals surface area contributed by atoms with Crippen molar-refractivity contribution in [1.29, 1.82) is 0 Å². The van der Waals surface area contributed by atoms with E-state index in [9.17, 15) is 15.3 Å². The highest BCUT2D eigenvalue weighted by Gasteiger charge is 2.44. The maximum absolute atomic E-state index is 11.0. The molecule has 2 aliphatic rings. The van der Waals surface area contributed by atoms with Crippen molar-refractivity contribution in [2.75, 3.05) is 27.4 Å². The lowest BCUT2D eigenvalue weighted by atomic mass is 10.0. The SMILES string of the molecule is COc1cc(CCCO)ccc1OC(CO)C(O)c1ccc(OC2OC3OC3=CC2O)c(OC)c1. The number of ether oxygens (including phenoxy) is 6. The van der Waals surface area contributed by atoms with Crippen molar-refractivity contribution in [1.82, 2.24) is 0 Å². The zero-order valence-electron chi connectivity index (χ0n) is 19.5. The summed E-state index contributed by atoms with van der Waals surface area (Å²) in [7, 11) is 2.95. The van der Waals surface area contributed by atoms with Gasteiger partial charge in [0.1, 0.15) is 12.2 Å². The van der Waals surface area contributed by atoms with Crippen LogP contribution in [0.25, 0.3) is 0 Å². The number of hydrogen-bond acceptors (Lipinski definition) is 10. The molecule has 2 aliphatic heterocycles. The highest BCUT2D eigenvalue weighted by molar-refractivity contribution is 5.45. The van der Waals surface area contributed by atoms with Gasteiger partial charge in [-0.25, -0.2) is 0 Å². The zero-order chi connectivity index (χ0) is 24.9. The van der Waals surface area contributed by atoms with Crippen molar-refractivity contribution in [3.8, 4) is 23.0 Å². The number of benzene rings is 2. The molecule has 10 heteroatoms. The second-order valence-electron chi connectivity index (χ2n) is 8.14. The number of rotatable bonds is 12. The summed E-state index contributed by atoms with van der Waals surface area (Å²) < 4.78 is 33.1. The summed E-state index contributed by atoms with van der Waals surface area (Å²) in [6.07, 6.45) is -1.85. The van der Waals surface area contributed by atoms with Crippen molar-refractivity contribution < 1.29 is 48.8 Å². The molecule has 190 valence electrons. The molecule has 0 bridgehead atoms. The molecule has 2 aromatic rings. The van der Waals surface area contributed by atoms with Crippen LogP contribution in [0.4, 0.5) is 0 Å². The fourth-order valence-electron chi connectivity index (χ4n) is 3.77. The van der Waals surface area contributed by atoms with E-state index in [2.05, 4.69) is 0 Å². The van der Waals surface area contributed by atoms with Crippen molar-refractivity contribution >= 4 is 0 Å². The molecule has 1 saturated heterocycles. The first-order chi connectivity index (χ1) is 17.0. The summed E-state index contributed by atoms with van der Waals surface area (Å²) in [5.74, 6) is 1.99.